The van der Waals surface area contributed by atoms with Crippen molar-refractivity contribution in [1.82, 2.24) is 0 Å². The molecule has 0 saturated carbocycles. The summed E-state index contributed by atoms with van der Waals surface area (Å²) in [5.41, 5.74) is 0.0200. The summed E-state index contributed by atoms with van der Waals surface area (Å²) >= 11 is 3.37. The van der Waals surface area contributed by atoms with Crippen molar-refractivity contribution in [2.45, 2.75) is 25.5 Å². The molecule has 0 fully saturated rings. The molecule has 0 aliphatic carbocycles. The normalized spacial score (nSPS) is 19.0. The zero-order valence-corrected chi connectivity index (χ0v) is 15.5. The van der Waals surface area contributed by atoms with E-state index in [1.165, 1.54) is 11.8 Å². The third-order valence-corrected chi connectivity index (χ3v) is 4.81. The Hall–Kier alpha value is -2.18. The van der Waals surface area contributed by atoms with Gasteiger partial charge in [0.05, 0.1) is 19.3 Å². The topological polar surface area (TPSA) is 66.8 Å². The Balaban J connectivity index is 2.07. The number of methoxy groups -OCH3 is 1. The molecule has 1 N–H and O–H groups in total. The van der Waals surface area contributed by atoms with Gasteiger partial charge in [0.15, 0.2) is 5.60 Å². The summed E-state index contributed by atoms with van der Waals surface area (Å²) in [6.45, 7) is 1.61. The van der Waals surface area contributed by atoms with Gasteiger partial charge in [0.1, 0.15) is 11.5 Å². The molecule has 1 aliphatic rings. The lowest BCUT2D eigenvalue weighted by atomic mass is 9.90. The highest BCUT2D eigenvalue weighted by Gasteiger charge is 2.50. The zero-order valence-electron chi connectivity index (χ0n) is 14.0. The minimum Gasteiger partial charge on any atom is -0.496 e. The van der Waals surface area contributed by atoms with Crippen molar-refractivity contribution < 1.29 is 19.4 Å². The van der Waals surface area contributed by atoms with E-state index in [4.69, 9.17) is 4.74 Å². The Morgan fingerprint density at radius 1 is 1.28 bits per heavy atom. The smallest absolute Gasteiger partial charge is 0.264 e. The highest BCUT2D eigenvalue weighted by atomic mass is 79.9. The van der Waals surface area contributed by atoms with Crippen molar-refractivity contribution in [3.63, 3.8) is 0 Å². The van der Waals surface area contributed by atoms with E-state index in [9.17, 15) is 14.7 Å². The maximum Gasteiger partial charge on any atom is 0.264 e. The van der Waals surface area contributed by atoms with Crippen LogP contribution in [0.15, 0.2) is 46.9 Å². The van der Waals surface area contributed by atoms with Crippen LogP contribution >= 0.6 is 15.9 Å². The number of halogens is 1. The van der Waals surface area contributed by atoms with Crippen LogP contribution in [0.1, 0.15) is 24.5 Å². The number of para-hydroxylation sites is 1. The van der Waals surface area contributed by atoms with E-state index in [1.807, 2.05) is 24.3 Å². The van der Waals surface area contributed by atoms with E-state index >= 15 is 0 Å². The Kier molecular flexibility index (Phi) is 4.67. The maximum atomic E-state index is 13.0. The van der Waals surface area contributed by atoms with Gasteiger partial charge in [-0.1, -0.05) is 34.1 Å². The number of fused-ring (bicyclic) bond motifs is 1. The Bertz CT molecular complexity index is 851. The monoisotopic (exact) mass is 403 g/mol. The molecule has 25 heavy (non-hydrogen) atoms. The Morgan fingerprint density at radius 2 is 2.00 bits per heavy atom. The van der Waals surface area contributed by atoms with Gasteiger partial charge in [-0.05, 0) is 31.2 Å². The van der Waals surface area contributed by atoms with Crippen LogP contribution in [0.5, 0.6) is 5.75 Å². The molecule has 6 heteroatoms. The predicted octanol–water partition coefficient (Wildman–Crippen LogP) is 3.17. The van der Waals surface area contributed by atoms with Crippen molar-refractivity contribution in [2.24, 2.45) is 0 Å². The Labute approximate surface area is 154 Å². The zero-order chi connectivity index (χ0) is 18.2. The number of anilines is 1. The molecule has 1 atom stereocenters. The SMILES string of the molecule is COc1ccccc1CN1C(=O)C(O)(CC(C)=O)c2cc(Br)ccc21. The van der Waals surface area contributed by atoms with Crippen LogP contribution in [0.3, 0.4) is 0 Å². The number of Topliss-reactive ketones (excluding diaryl/α,β-unsaturated/α-hetero) is 1. The molecule has 0 saturated heterocycles. The van der Waals surface area contributed by atoms with Crippen LogP contribution < -0.4 is 9.64 Å². The first-order chi connectivity index (χ1) is 11.9. The number of rotatable bonds is 5. The fraction of sp³-hybridized carbons (Fsp3) is 0.263. The van der Waals surface area contributed by atoms with E-state index in [0.29, 0.717) is 17.0 Å². The van der Waals surface area contributed by atoms with Gasteiger partial charge in [0, 0.05) is 22.0 Å². The van der Waals surface area contributed by atoms with Gasteiger partial charge in [0.25, 0.3) is 5.91 Å². The van der Waals surface area contributed by atoms with E-state index in [1.54, 1.807) is 25.3 Å². The van der Waals surface area contributed by atoms with Gasteiger partial charge in [-0.2, -0.15) is 0 Å². The third kappa shape index (κ3) is 3.07. The fourth-order valence-electron chi connectivity index (χ4n) is 3.21. The van der Waals surface area contributed by atoms with E-state index < -0.39 is 11.5 Å². The first-order valence-corrected chi connectivity index (χ1v) is 8.62. The van der Waals surface area contributed by atoms with E-state index in [0.717, 1.165) is 10.0 Å². The fourth-order valence-corrected chi connectivity index (χ4v) is 3.58. The molecule has 2 aromatic carbocycles. The van der Waals surface area contributed by atoms with Gasteiger partial charge in [0.2, 0.25) is 0 Å². The van der Waals surface area contributed by atoms with Crippen LogP contribution in [0.4, 0.5) is 5.69 Å². The summed E-state index contributed by atoms with van der Waals surface area (Å²) in [7, 11) is 1.57. The molecule has 0 aromatic heterocycles. The average Bonchev–Trinajstić information content (AvgIpc) is 2.76. The van der Waals surface area contributed by atoms with Gasteiger partial charge in [-0.15, -0.1) is 0 Å². The largest absolute Gasteiger partial charge is 0.496 e. The lowest BCUT2D eigenvalue weighted by Crippen LogP contribution is -2.41. The minimum atomic E-state index is -1.84. The van der Waals surface area contributed by atoms with Crippen molar-refractivity contribution in [3.05, 3.63) is 58.1 Å². The molecule has 0 spiro atoms. The first kappa shape index (κ1) is 17.6. The average molecular weight is 404 g/mol. The molecule has 1 heterocycles. The molecule has 1 aliphatic heterocycles. The number of amides is 1. The molecule has 3 rings (SSSR count). The summed E-state index contributed by atoms with van der Waals surface area (Å²) in [4.78, 5) is 26.2. The van der Waals surface area contributed by atoms with Crippen LogP contribution in [-0.4, -0.2) is 23.9 Å². The highest BCUT2D eigenvalue weighted by Crippen LogP contribution is 2.44. The second-order valence-corrected chi connectivity index (χ2v) is 7.02. The van der Waals surface area contributed by atoms with Crippen molar-refractivity contribution in [2.75, 3.05) is 12.0 Å². The van der Waals surface area contributed by atoms with Gasteiger partial charge >= 0.3 is 0 Å². The van der Waals surface area contributed by atoms with Crippen LogP contribution in [0.25, 0.3) is 0 Å². The van der Waals surface area contributed by atoms with Crippen LogP contribution in [-0.2, 0) is 21.7 Å². The molecule has 5 nitrogen and oxygen atoms in total. The number of aliphatic hydroxyl groups is 1. The quantitative estimate of drug-likeness (QED) is 0.832. The predicted molar refractivity (Wildman–Crippen MR) is 97.5 cm³/mol. The summed E-state index contributed by atoms with van der Waals surface area (Å²) in [5, 5.41) is 11.0. The maximum absolute atomic E-state index is 13.0. The van der Waals surface area contributed by atoms with Gasteiger partial charge in [-0.3, -0.25) is 9.59 Å². The molecule has 1 unspecified atom stereocenters. The Morgan fingerprint density at radius 3 is 2.68 bits per heavy atom. The first-order valence-electron chi connectivity index (χ1n) is 7.82. The number of hydrogen-bond donors (Lipinski definition) is 1. The van der Waals surface area contributed by atoms with Crippen molar-refractivity contribution >= 4 is 33.3 Å². The van der Waals surface area contributed by atoms with E-state index in [2.05, 4.69) is 15.9 Å². The highest BCUT2D eigenvalue weighted by molar-refractivity contribution is 9.10. The summed E-state index contributed by atoms with van der Waals surface area (Å²) in [6.07, 6.45) is -0.252. The van der Waals surface area contributed by atoms with E-state index in [-0.39, 0.29) is 18.7 Å². The second kappa shape index (κ2) is 6.61. The second-order valence-electron chi connectivity index (χ2n) is 6.10. The van der Waals surface area contributed by atoms with Crippen LogP contribution in [0.2, 0.25) is 0 Å². The number of carbonyl (C=O) groups is 2. The number of ether oxygens (including phenoxy) is 1. The van der Waals surface area contributed by atoms with Crippen molar-refractivity contribution in [1.29, 1.82) is 0 Å². The molecule has 130 valence electrons. The van der Waals surface area contributed by atoms with Crippen LogP contribution in [0, 0.1) is 0 Å². The number of hydrogen-bond acceptors (Lipinski definition) is 4. The lowest BCUT2D eigenvalue weighted by molar-refractivity contribution is -0.141. The summed E-state index contributed by atoms with van der Waals surface area (Å²) < 4.78 is 6.09. The van der Waals surface area contributed by atoms with Gasteiger partial charge < -0.3 is 14.7 Å². The lowest BCUT2D eigenvalue weighted by Gasteiger charge is -2.23. The molecule has 1 amide bonds. The number of benzene rings is 2. The molecular formula is C19H18BrNO4. The molecule has 2 aromatic rings. The molecule has 0 bridgehead atoms. The third-order valence-electron chi connectivity index (χ3n) is 4.32. The standard InChI is InChI=1S/C19H18BrNO4/c1-12(22)10-19(24)15-9-14(20)7-8-16(15)21(18(19)23)11-13-5-3-4-6-17(13)25-2/h3-9,24H,10-11H2,1-2H3. The van der Waals surface area contributed by atoms with Crippen molar-refractivity contribution in [3.8, 4) is 5.75 Å². The number of ketones is 1. The number of carbonyl (C=O) groups excluding carboxylic acids is 2. The number of nitrogens with zero attached hydrogens (tertiary/aromatic N) is 1. The molecular weight excluding hydrogens is 386 g/mol. The minimum absolute atomic E-state index is 0.248. The van der Waals surface area contributed by atoms with Gasteiger partial charge in [-0.25, -0.2) is 0 Å². The summed E-state index contributed by atoms with van der Waals surface area (Å²) in [5.74, 6) is -0.0846. The summed E-state index contributed by atoms with van der Waals surface area (Å²) in [6, 6.07) is 12.7. The molecule has 0 radical (unpaired) electrons.